The van der Waals surface area contributed by atoms with E-state index in [0.29, 0.717) is 17.9 Å². The summed E-state index contributed by atoms with van der Waals surface area (Å²) < 4.78 is 10.5. The van der Waals surface area contributed by atoms with Crippen LogP contribution in [0.4, 0.5) is 0 Å². The molecular weight excluding hydrogens is 182 g/mol. The van der Waals surface area contributed by atoms with Crippen LogP contribution in [0, 0.1) is 0 Å². The summed E-state index contributed by atoms with van der Waals surface area (Å²) in [6, 6.07) is 6.88. The minimum Gasteiger partial charge on any atom is -0.464 e. The summed E-state index contributed by atoms with van der Waals surface area (Å²) in [5, 5.41) is 0. The molecule has 1 aromatic carbocycles. The Hall–Kier alpha value is -1.55. The molecule has 1 atom stereocenters. The van der Waals surface area contributed by atoms with E-state index in [1.807, 2.05) is 0 Å². The molecule has 0 aromatic heterocycles. The van der Waals surface area contributed by atoms with Crippen LogP contribution in [0.5, 0.6) is 5.75 Å². The van der Waals surface area contributed by atoms with Crippen LogP contribution in [0.2, 0.25) is 0 Å². The number of hydrogen-bond acceptors (Lipinski definition) is 3. The zero-order chi connectivity index (χ0) is 9.97. The molecule has 0 spiro atoms. The molecule has 0 bridgehead atoms. The fourth-order valence-corrected chi connectivity index (χ4v) is 1.22. The van der Waals surface area contributed by atoms with Crippen molar-refractivity contribution in [1.82, 2.24) is 0 Å². The van der Waals surface area contributed by atoms with Gasteiger partial charge in [0.25, 0.3) is 5.91 Å². The Balaban J connectivity index is 2.17. The van der Waals surface area contributed by atoms with Gasteiger partial charge in [0.05, 0.1) is 12.2 Å². The molecule has 1 unspecified atom stereocenters. The smallest absolute Gasteiger partial charge is 0.252 e. The Kier molecular flexibility index (Phi) is 2.37. The Morgan fingerprint density at radius 1 is 1.50 bits per heavy atom. The number of amides is 1. The molecule has 1 aliphatic rings. The van der Waals surface area contributed by atoms with Crippen molar-refractivity contribution in [1.29, 1.82) is 0 Å². The lowest BCUT2D eigenvalue weighted by Gasteiger charge is -2.27. The van der Waals surface area contributed by atoms with E-state index in [4.69, 9.17) is 15.2 Å². The Labute approximate surface area is 81.6 Å². The molecule has 14 heavy (non-hydrogen) atoms. The van der Waals surface area contributed by atoms with Gasteiger partial charge in [0.1, 0.15) is 5.75 Å². The first-order chi connectivity index (χ1) is 6.77. The molecule has 1 aliphatic heterocycles. The lowest BCUT2D eigenvalue weighted by atomic mass is 10.2. The molecule has 1 heterocycles. The molecule has 74 valence electrons. The highest BCUT2D eigenvalue weighted by molar-refractivity contribution is 5.95. The van der Waals surface area contributed by atoms with Gasteiger partial charge >= 0.3 is 0 Å². The van der Waals surface area contributed by atoms with Crippen molar-refractivity contribution in [3.63, 3.8) is 0 Å². The maximum absolute atomic E-state index is 11.0. The normalized spacial score (nSPS) is 19.9. The van der Waals surface area contributed by atoms with Crippen molar-refractivity contribution in [2.75, 3.05) is 6.61 Å². The molecule has 1 aromatic rings. The lowest BCUT2D eigenvalue weighted by molar-refractivity contribution is -0.165. The number of carbonyl (C=O) groups excluding carboxylic acids is 1. The summed E-state index contributed by atoms with van der Waals surface area (Å²) in [7, 11) is 0. The third kappa shape index (κ3) is 1.70. The Morgan fingerprint density at radius 2 is 2.21 bits per heavy atom. The number of rotatable bonds is 3. The number of ether oxygens (including phenoxy) is 2. The number of carbonyl (C=O) groups is 1. The van der Waals surface area contributed by atoms with E-state index in [1.165, 1.54) is 0 Å². The molecule has 2 rings (SSSR count). The van der Waals surface area contributed by atoms with Crippen molar-refractivity contribution >= 4 is 5.91 Å². The average molecular weight is 193 g/mol. The van der Waals surface area contributed by atoms with Crippen LogP contribution in [0.3, 0.4) is 0 Å². The van der Waals surface area contributed by atoms with Crippen molar-refractivity contribution in [3.05, 3.63) is 29.8 Å². The third-order valence-electron chi connectivity index (χ3n) is 2.07. The molecule has 1 saturated heterocycles. The first-order valence-corrected chi connectivity index (χ1v) is 4.44. The topological polar surface area (TPSA) is 61.6 Å². The van der Waals surface area contributed by atoms with Crippen LogP contribution in [-0.4, -0.2) is 18.8 Å². The van der Waals surface area contributed by atoms with Crippen LogP contribution in [-0.2, 0) is 4.74 Å². The second kappa shape index (κ2) is 3.67. The SMILES string of the molecule is NC(=O)c1ccccc1OC1CCO1. The summed E-state index contributed by atoms with van der Waals surface area (Å²) in [6.45, 7) is 0.712. The van der Waals surface area contributed by atoms with Gasteiger partial charge in [0.2, 0.25) is 6.29 Å². The minimum atomic E-state index is -0.486. The standard InChI is InChI=1S/C10H11NO3/c11-10(12)7-3-1-2-4-8(7)14-9-5-6-13-9/h1-4,9H,5-6H2,(H2,11,12). The molecular formula is C10H11NO3. The van der Waals surface area contributed by atoms with Crippen LogP contribution in [0.25, 0.3) is 0 Å². The number of nitrogens with two attached hydrogens (primary N) is 1. The van der Waals surface area contributed by atoms with Gasteiger partial charge in [-0.25, -0.2) is 0 Å². The van der Waals surface area contributed by atoms with Gasteiger partial charge in [0, 0.05) is 6.42 Å². The van der Waals surface area contributed by atoms with Crippen molar-refractivity contribution in [3.8, 4) is 5.75 Å². The molecule has 1 amide bonds. The van der Waals surface area contributed by atoms with Crippen molar-refractivity contribution < 1.29 is 14.3 Å². The van der Waals surface area contributed by atoms with E-state index in [1.54, 1.807) is 24.3 Å². The Morgan fingerprint density at radius 3 is 2.79 bits per heavy atom. The van der Waals surface area contributed by atoms with Crippen LogP contribution in [0.1, 0.15) is 16.8 Å². The van der Waals surface area contributed by atoms with Gasteiger partial charge in [-0.1, -0.05) is 12.1 Å². The number of hydrogen-bond donors (Lipinski definition) is 1. The predicted octanol–water partition coefficient (Wildman–Crippen LogP) is 0.911. The zero-order valence-corrected chi connectivity index (χ0v) is 7.60. The fourth-order valence-electron chi connectivity index (χ4n) is 1.22. The van der Waals surface area contributed by atoms with Gasteiger partial charge in [0.15, 0.2) is 0 Å². The molecule has 0 aliphatic carbocycles. The highest BCUT2D eigenvalue weighted by Gasteiger charge is 2.21. The lowest BCUT2D eigenvalue weighted by Crippen LogP contribution is -2.33. The molecule has 4 nitrogen and oxygen atoms in total. The summed E-state index contributed by atoms with van der Waals surface area (Å²) in [5.74, 6) is 0.00428. The third-order valence-corrected chi connectivity index (χ3v) is 2.07. The first-order valence-electron chi connectivity index (χ1n) is 4.44. The van der Waals surface area contributed by atoms with Crippen molar-refractivity contribution in [2.24, 2.45) is 5.73 Å². The maximum Gasteiger partial charge on any atom is 0.252 e. The molecule has 0 radical (unpaired) electrons. The molecule has 4 heteroatoms. The van der Waals surface area contributed by atoms with Gasteiger partial charge < -0.3 is 15.2 Å². The second-order valence-electron chi connectivity index (χ2n) is 3.07. The second-order valence-corrected chi connectivity index (χ2v) is 3.07. The van der Waals surface area contributed by atoms with E-state index in [-0.39, 0.29) is 6.29 Å². The van der Waals surface area contributed by atoms with Gasteiger partial charge in [-0.3, -0.25) is 4.79 Å². The fraction of sp³-hybridized carbons (Fsp3) is 0.300. The highest BCUT2D eigenvalue weighted by Crippen LogP contribution is 2.22. The molecule has 2 N–H and O–H groups in total. The summed E-state index contributed by atoms with van der Waals surface area (Å²) >= 11 is 0. The highest BCUT2D eigenvalue weighted by atomic mass is 16.7. The van der Waals surface area contributed by atoms with Crippen molar-refractivity contribution in [2.45, 2.75) is 12.7 Å². The summed E-state index contributed by atoms with van der Waals surface area (Å²) in [4.78, 5) is 11.0. The van der Waals surface area contributed by atoms with Crippen LogP contribution >= 0.6 is 0 Å². The van der Waals surface area contributed by atoms with E-state index < -0.39 is 5.91 Å². The van der Waals surface area contributed by atoms with E-state index in [2.05, 4.69) is 0 Å². The monoisotopic (exact) mass is 193 g/mol. The average Bonchev–Trinajstić information content (AvgIpc) is 2.12. The van der Waals surface area contributed by atoms with Gasteiger partial charge in [-0.05, 0) is 12.1 Å². The number of primary amides is 1. The molecule has 0 saturated carbocycles. The summed E-state index contributed by atoms with van der Waals surface area (Å²) in [6.07, 6.45) is 0.628. The number of benzene rings is 1. The Bertz CT molecular complexity index is 347. The summed E-state index contributed by atoms with van der Waals surface area (Å²) in [5.41, 5.74) is 5.58. The predicted molar refractivity (Wildman–Crippen MR) is 49.9 cm³/mol. The van der Waals surface area contributed by atoms with Gasteiger partial charge in [-0.2, -0.15) is 0 Å². The van der Waals surface area contributed by atoms with Gasteiger partial charge in [-0.15, -0.1) is 0 Å². The van der Waals surface area contributed by atoms with E-state index in [9.17, 15) is 4.79 Å². The first kappa shape index (κ1) is 9.02. The van der Waals surface area contributed by atoms with Crippen LogP contribution < -0.4 is 10.5 Å². The largest absolute Gasteiger partial charge is 0.464 e. The van der Waals surface area contributed by atoms with E-state index in [0.717, 1.165) is 6.42 Å². The number of para-hydroxylation sites is 1. The maximum atomic E-state index is 11.0. The van der Waals surface area contributed by atoms with E-state index >= 15 is 0 Å². The minimum absolute atomic E-state index is 0.226. The van der Waals surface area contributed by atoms with Crippen LogP contribution in [0.15, 0.2) is 24.3 Å². The zero-order valence-electron chi connectivity index (χ0n) is 7.60. The quantitative estimate of drug-likeness (QED) is 0.776. The molecule has 1 fully saturated rings.